The molecule has 2 amide bonds. The van der Waals surface area contributed by atoms with Crippen LogP contribution < -0.4 is 15.5 Å². The van der Waals surface area contributed by atoms with Crippen molar-refractivity contribution in [1.29, 1.82) is 0 Å². The van der Waals surface area contributed by atoms with Gasteiger partial charge in [-0.15, -0.1) is 11.8 Å². The van der Waals surface area contributed by atoms with Crippen molar-refractivity contribution < 1.29 is 19.1 Å². The lowest BCUT2D eigenvalue weighted by molar-refractivity contribution is -0.123. The van der Waals surface area contributed by atoms with Crippen molar-refractivity contribution in [2.24, 2.45) is 5.10 Å². The largest absolute Gasteiger partial charge is 0.484 e. The minimum atomic E-state index is -0.213. The summed E-state index contributed by atoms with van der Waals surface area (Å²) in [5.41, 5.74) is 4.57. The Morgan fingerprint density at radius 2 is 2.00 bits per heavy atom. The van der Waals surface area contributed by atoms with Crippen LogP contribution in [0.5, 0.6) is 5.75 Å². The van der Waals surface area contributed by atoms with E-state index in [4.69, 9.17) is 9.47 Å². The molecule has 0 unspecified atom stereocenters. The summed E-state index contributed by atoms with van der Waals surface area (Å²) < 4.78 is 11.0. The lowest BCUT2D eigenvalue weighted by Gasteiger charge is -2.11. The molecular formula is C24H29N3O4S. The van der Waals surface area contributed by atoms with Gasteiger partial charge in [-0.3, -0.25) is 9.59 Å². The fourth-order valence-corrected chi connectivity index (χ4v) is 3.85. The highest BCUT2D eigenvalue weighted by Crippen LogP contribution is 2.17. The predicted molar refractivity (Wildman–Crippen MR) is 127 cm³/mol. The molecule has 0 spiro atoms. The van der Waals surface area contributed by atoms with Crippen molar-refractivity contribution in [2.45, 2.75) is 36.9 Å². The van der Waals surface area contributed by atoms with Gasteiger partial charge >= 0.3 is 0 Å². The highest BCUT2D eigenvalue weighted by Gasteiger charge is 2.16. The van der Waals surface area contributed by atoms with Gasteiger partial charge in [-0.25, -0.2) is 5.43 Å². The molecule has 1 saturated heterocycles. The van der Waals surface area contributed by atoms with Crippen LogP contribution in [0.3, 0.4) is 0 Å². The van der Waals surface area contributed by atoms with Crippen molar-refractivity contribution >= 4 is 29.8 Å². The molecule has 2 atom stereocenters. The molecule has 2 aromatic rings. The van der Waals surface area contributed by atoms with Gasteiger partial charge in [-0.05, 0) is 55.2 Å². The third-order valence-corrected chi connectivity index (χ3v) is 6.12. The monoisotopic (exact) mass is 455 g/mol. The number of ether oxygens (including phenoxy) is 2. The van der Waals surface area contributed by atoms with Gasteiger partial charge in [0.1, 0.15) is 5.75 Å². The molecule has 0 radical (unpaired) electrons. The number of carbonyl (C=O) groups is 2. The maximum absolute atomic E-state index is 12.2. The van der Waals surface area contributed by atoms with Gasteiger partial charge in [0, 0.05) is 18.9 Å². The van der Waals surface area contributed by atoms with E-state index >= 15 is 0 Å². The highest BCUT2D eigenvalue weighted by molar-refractivity contribution is 7.99. The Bertz CT molecular complexity index is 884. The van der Waals surface area contributed by atoms with E-state index in [0.29, 0.717) is 12.3 Å². The molecule has 2 N–H and O–H groups in total. The summed E-state index contributed by atoms with van der Waals surface area (Å²) in [7, 11) is 0. The molecule has 8 heteroatoms. The third kappa shape index (κ3) is 8.36. The lowest BCUT2D eigenvalue weighted by Crippen LogP contribution is -2.35. The molecule has 1 aliphatic rings. The normalized spacial score (nSPS) is 16.6. The van der Waals surface area contributed by atoms with Crippen molar-refractivity contribution in [3.05, 3.63) is 65.7 Å². The maximum atomic E-state index is 12.2. The average Bonchev–Trinajstić information content (AvgIpc) is 3.35. The van der Waals surface area contributed by atoms with Crippen molar-refractivity contribution in [2.75, 3.05) is 19.8 Å². The zero-order valence-electron chi connectivity index (χ0n) is 18.2. The number of benzene rings is 2. The predicted octanol–water partition coefficient (Wildman–Crippen LogP) is 3.13. The molecule has 3 rings (SSSR count). The Hall–Kier alpha value is -2.84. The molecule has 0 aromatic heterocycles. The average molecular weight is 456 g/mol. The molecule has 2 aromatic carbocycles. The zero-order chi connectivity index (χ0) is 22.6. The van der Waals surface area contributed by atoms with Gasteiger partial charge < -0.3 is 14.8 Å². The minimum Gasteiger partial charge on any atom is -0.484 e. The van der Waals surface area contributed by atoms with Crippen molar-refractivity contribution in [3.8, 4) is 5.75 Å². The van der Waals surface area contributed by atoms with Crippen LogP contribution in [0.25, 0.3) is 0 Å². The number of hydrazone groups is 1. The number of carbonyl (C=O) groups excluding carboxylic acids is 2. The number of nitrogens with zero attached hydrogens (tertiary/aromatic N) is 1. The van der Waals surface area contributed by atoms with Gasteiger partial charge in [0.2, 0.25) is 0 Å². The van der Waals surface area contributed by atoms with Gasteiger partial charge in [-0.2, -0.15) is 5.10 Å². The second kappa shape index (κ2) is 12.9. The van der Waals surface area contributed by atoms with Crippen LogP contribution in [0.4, 0.5) is 0 Å². The van der Waals surface area contributed by atoms with Crippen LogP contribution in [0.1, 0.15) is 30.9 Å². The summed E-state index contributed by atoms with van der Waals surface area (Å²) in [4.78, 5) is 24.1. The Kier molecular flexibility index (Phi) is 9.59. The van der Waals surface area contributed by atoms with E-state index in [1.54, 1.807) is 30.1 Å². The second-order valence-corrected chi connectivity index (χ2v) is 8.80. The first kappa shape index (κ1) is 23.8. The Morgan fingerprint density at radius 3 is 2.72 bits per heavy atom. The molecule has 0 aliphatic carbocycles. The maximum Gasteiger partial charge on any atom is 0.258 e. The molecule has 32 heavy (non-hydrogen) atoms. The Balaban J connectivity index is 1.34. The number of hydrogen-bond acceptors (Lipinski definition) is 6. The number of nitrogens with one attached hydrogen (secondary N) is 2. The molecule has 1 aliphatic heterocycles. The summed E-state index contributed by atoms with van der Waals surface area (Å²) in [5.74, 6) is 1.04. The van der Waals surface area contributed by atoms with Gasteiger partial charge in [0.15, 0.2) is 6.61 Å². The van der Waals surface area contributed by atoms with Crippen LogP contribution in [0.2, 0.25) is 0 Å². The second-order valence-electron chi connectivity index (χ2n) is 7.47. The van der Waals surface area contributed by atoms with E-state index in [2.05, 4.69) is 15.8 Å². The smallest absolute Gasteiger partial charge is 0.258 e. The Morgan fingerprint density at radius 1 is 1.22 bits per heavy atom. The fraction of sp³-hybridized carbons (Fsp3) is 0.375. The van der Waals surface area contributed by atoms with E-state index < -0.39 is 0 Å². The van der Waals surface area contributed by atoms with Gasteiger partial charge in [0.25, 0.3) is 11.8 Å². The first-order valence-corrected chi connectivity index (χ1v) is 11.7. The van der Waals surface area contributed by atoms with Crippen LogP contribution in [0, 0.1) is 0 Å². The molecular weight excluding hydrogens is 426 g/mol. The molecule has 170 valence electrons. The quantitative estimate of drug-likeness (QED) is 0.401. The standard InChI is InChI=1S/C24H29N3O4S/c1-18(32-17-20-6-3-2-4-7-20)24(29)27-26-14-19-9-11-21(12-10-19)31-16-23(28)25-15-22-8-5-13-30-22/h2-4,6-7,9-12,14,18,22H,5,8,13,15-17H2,1H3,(H,25,28)(H,27,29)/b26-14-/t18-,22-/m1/s1. The lowest BCUT2D eigenvalue weighted by atomic mass is 10.2. The van der Waals surface area contributed by atoms with E-state index in [1.807, 2.05) is 49.4 Å². The molecule has 1 heterocycles. The van der Waals surface area contributed by atoms with Crippen molar-refractivity contribution in [3.63, 3.8) is 0 Å². The number of thioether (sulfide) groups is 1. The van der Waals surface area contributed by atoms with Crippen LogP contribution in [-0.4, -0.2) is 49.1 Å². The summed E-state index contributed by atoms with van der Waals surface area (Å²) >= 11 is 1.56. The van der Waals surface area contributed by atoms with E-state index in [0.717, 1.165) is 30.8 Å². The van der Waals surface area contributed by atoms with Crippen LogP contribution in [0.15, 0.2) is 59.7 Å². The zero-order valence-corrected chi connectivity index (χ0v) is 19.0. The topological polar surface area (TPSA) is 89.0 Å². The van der Waals surface area contributed by atoms with Gasteiger partial charge in [-0.1, -0.05) is 30.3 Å². The number of amides is 2. The number of rotatable bonds is 11. The van der Waals surface area contributed by atoms with Crippen LogP contribution >= 0.6 is 11.8 Å². The van der Waals surface area contributed by atoms with E-state index in [-0.39, 0.29) is 29.8 Å². The summed E-state index contributed by atoms with van der Waals surface area (Å²) in [6.07, 6.45) is 3.71. The first-order chi connectivity index (χ1) is 15.6. The SMILES string of the molecule is C[C@@H](SCc1ccccc1)C(=O)N/N=C\c1ccc(OCC(=O)NC[C@H]2CCCO2)cc1. The molecule has 0 saturated carbocycles. The summed E-state index contributed by atoms with van der Waals surface area (Å²) in [6.45, 7) is 3.10. The number of hydrogen-bond donors (Lipinski definition) is 2. The van der Waals surface area contributed by atoms with Gasteiger partial charge in [0.05, 0.1) is 17.6 Å². The molecule has 7 nitrogen and oxygen atoms in total. The summed E-state index contributed by atoms with van der Waals surface area (Å²) in [6, 6.07) is 17.2. The highest BCUT2D eigenvalue weighted by atomic mass is 32.2. The minimum absolute atomic E-state index is 0.0469. The summed E-state index contributed by atoms with van der Waals surface area (Å²) in [5, 5.41) is 6.64. The van der Waals surface area contributed by atoms with Crippen LogP contribution in [-0.2, 0) is 20.1 Å². The molecule has 1 fully saturated rings. The van der Waals surface area contributed by atoms with E-state index in [1.165, 1.54) is 5.56 Å². The first-order valence-electron chi connectivity index (χ1n) is 10.7. The fourth-order valence-electron chi connectivity index (χ4n) is 3.02. The Labute approximate surface area is 193 Å². The third-order valence-electron chi connectivity index (χ3n) is 4.90. The van der Waals surface area contributed by atoms with E-state index in [9.17, 15) is 9.59 Å². The van der Waals surface area contributed by atoms with Crippen molar-refractivity contribution in [1.82, 2.24) is 10.7 Å². The molecule has 0 bridgehead atoms.